The fraction of sp³-hybridized carbons (Fsp3) is 0.350. The van der Waals surface area contributed by atoms with Gasteiger partial charge in [0.1, 0.15) is 11.5 Å². The minimum absolute atomic E-state index is 0.154. The van der Waals surface area contributed by atoms with Gasteiger partial charge < -0.3 is 15.2 Å². The van der Waals surface area contributed by atoms with Crippen LogP contribution < -0.4 is 10.1 Å². The van der Waals surface area contributed by atoms with Gasteiger partial charge in [0.15, 0.2) is 0 Å². The van der Waals surface area contributed by atoms with Gasteiger partial charge >= 0.3 is 6.09 Å². The van der Waals surface area contributed by atoms with Crippen LogP contribution in [0.25, 0.3) is 0 Å². The van der Waals surface area contributed by atoms with Crippen LogP contribution >= 0.6 is 0 Å². The second kappa shape index (κ2) is 8.07. The summed E-state index contributed by atoms with van der Waals surface area (Å²) in [5.74, 6) is 1.03. The summed E-state index contributed by atoms with van der Waals surface area (Å²) in [7, 11) is 0. The normalized spacial score (nSPS) is 12.3. The highest BCUT2D eigenvalue weighted by Crippen LogP contribution is 2.39. The smallest absolute Gasteiger partial charge is 0.405 e. The lowest BCUT2D eigenvalue weighted by atomic mass is 9.81. The molecular formula is C20H24N2O5. The molecule has 0 heterocycles. The summed E-state index contributed by atoms with van der Waals surface area (Å²) in [6.45, 7) is 7.48. The third-order valence-corrected chi connectivity index (χ3v) is 4.18. The van der Waals surface area contributed by atoms with Crippen LogP contribution in [-0.4, -0.2) is 16.1 Å². The first-order chi connectivity index (χ1) is 12.6. The fourth-order valence-electron chi connectivity index (χ4n) is 2.84. The standard InChI is InChI=1S/C20H24N2O5/c1-5-13-7-6-8-14(11-13)27-15-9-10-17(22(25)26)16(12-15)18(20(2,3)4)21-19(23)24/h6-12,18,21H,5H2,1-4H3,(H,23,24). The van der Waals surface area contributed by atoms with Crippen molar-refractivity contribution in [2.45, 2.75) is 40.2 Å². The number of carbonyl (C=O) groups is 1. The molecule has 0 aliphatic heterocycles. The molecule has 0 radical (unpaired) electrons. The number of nitro groups is 1. The SMILES string of the molecule is CCc1cccc(Oc2ccc([N+](=O)[O-])c(C(NC(=O)O)C(C)(C)C)c2)c1. The molecule has 0 aliphatic rings. The number of aryl methyl sites for hydroxylation is 1. The van der Waals surface area contributed by atoms with Gasteiger partial charge in [0, 0.05) is 6.07 Å². The van der Waals surface area contributed by atoms with E-state index in [2.05, 4.69) is 5.32 Å². The molecule has 2 aromatic rings. The lowest BCUT2D eigenvalue weighted by Crippen LogP contribution is -2.36. The zero-order valence-corrected chi connectivity index (χ0v) is 15.9. The van der Waals surface area contributed by atoms with Crippen molar-refractivity contribution in [1.29, 1.82) is 0 Å². The Morgan fingerprint density at radius 1 is 1.22 bits per heavy atom. The van der Waals surface area contributed by atoms with Crippen molar-refractivity contribution in [1.82, 2.24) is 5.32 Å². The maximum absolute atomic E-state index is 11.5. The highest BCUT2D eigenvalue weighted by atomic mass is 16.6. The van der Waals surface area contributed by atoms with Crippen LogP contribution in [0.1, 0.15) is 44.9 Å². The van der Waals surface area contributed by atoms with Gasteiger partial charge in [0.2, 0.25) is 0 Å². The molecule has 0 aliphatic carbocycles. The van der Waals surface area contributed by atoms with Gasteiger partial charge in [-0.15, -0.1) is 0 Å². The summed E-state index contributed by atoms with van der Waals surface area (Å²) in [6.07, 6.45) is -0.386. The molecule has 2 N–H and O–H groups in total. The number of amides is 1. The lowest BCUT2D eigenvalue weighted by Gasteiger charge is -2.30. The van der Waals surface area contributed by atoms with E-state index >= 15 is 0 Å². The van der Waals surface area contributed by atoms with Gasteiger partial charge in [-0.3, -0.25) is 10.1 Å². The van der Waals surface area contributed by atoms with Crippen LogP contribution in [0.2, 0.25) is 0 Å². The van der Waals surface area contributed by atoms with Crippen molar-refractivity contribution in [2.75, 3.05) is 0 Å². The van der Waals surface area contributed by atoms with Crippen LogP contribution in [0.5, 0.6) is 11.5 Å². The molecule has 0 fully saturated rings. The summed E-state index contributed by atoms with van der Waals surface area (Å²) in [5, 5.41) is 23.1. The number of ether oxygens (including phenoxy) is 1. The second-order valence-corrected chi connectivity index (χ2v) is 7.33. The van der Waals surface area contributed by atoms with Crippen molar-refractivity contribution < 1.29 is 19.6 Å². The summed E-state index contributed by atoms with van der Waals surface area (Å²) in [4.78, 5) is 22.2. The number of nitrogens with zero attached hydrogens (tertiary/aromatic N) is 1. The van der Waals surface area contributed by atoms with Crippen molar-refractivity contribution in [3.63, 3.8) is 0 Å². The summed E-state index contributed by atoms with van der Waals surface area (Å²) >= 11 is 0. The van der Waals surface area contributed by atoms with Gasteiger partial charge in [0.25, 0.3) is 5.69 Å². The molecular weight excluding hydrogens is 348 g/mol. The first kappa shape index (κ1) is 20.2. The quantitative estimate of drug-likeness (QED) is 0.529. The Morgan fingerprint density at radius 3 is 2.44 bits per heavy atom. The molecule has 0 spiro atoms. The van der Waals surface area contributed by atoms with Crippen molar-refractivity contribution in [3.8, 4) is 11.5 Å². The maximum atomic E-state index is 11.5. The van der Waals surface area contributed by atoms with Crippen LogP contribution in [0.15, 0.2) is 42.5 Å². The van der Waals surface area contributed by atoms with E-state index in [9.17, 15) is 20.0 Å². The van der Waals surface area contributed by atoms with Gasteiger partial charge in [0.05, 0.1) is 16.5 Å². The Bertz CT molecular complexity index is 843. The van der Waals surface area contributed by atoms with E-state index in [1.54, 1.807) is 6.07 Å². The molecule has 27 heavy (non-hydrogen) atoms. The van der Waals surface area contributed by atoms with Gasteiger partial charge in [-0.05, 0) is 41.7 Å². The first-order valence-corrected chi connectivity index (χ1v) is 8.66. The molecule has 0 saturated carbocycles. The Morgan fingerprint density at radius 2 is 1.89 bits per heavy atom. The summed E-state index contributed by atoms with van der Waals surface area (Å²) in [5.41, 5.74) is 0.635. The molecule has 144 valence electrons. The van der Waals surface area contributed by atoms with Crippen molar-refractivity contribution in [3.05, 3.63) is 63.7 Å². The molecule has 1 amide bonds. The van der Waals surface area contributed by atoms with Crippen molar-refractivity contribution in [2.24, 2.45) is 5.41 Å². The van der Waals surface area contributed by atoms with E-state index < -0.39 is 22.5 Å². The van der Waals surface area contributed by atoms with Gasteiger partial charge in [-0.2, -0.15) is 0 Å². The molecule has 0 aromatic heterocycles. The van der Waals surface area contributed by atoms with Crippen molar-refractivity contribution >= 4 is 11.8 Å². The first-order valence-electron chi connectivity index (χ1n) is 8.66. The van der Waals surface area contributed by atoms with Crippen LogP contribution in [0.3, 0.4) is 0 Å². The zero-order chi connectivity index (χ0) is 20.2. The molecule has 1 unspecified atom stereocenters. The number of carboxylic acid groups (broad SMARTS) is 1. The predicted octanol–water partition coefficient (Wildman–Crippen LogP) is 5.30. The van der Waals surface area contributed by atoms with E-state index in [1.807, 2.05) is 45.9 Å². The van der Waals surface area contributed by atoms with Gasteiger partial charge in [-0.25, -0.2) is 4.79 Å². The molecule has 7 nitrogen and oxygen atoms in total. The highest BCUT2D eigenvalue weighted by Gasteiger charge is 2.33. The van der Waals surface area contributed by atoms with Crippen LogP contribution in [0, 0.1) is 15.5 Å². The topological polar surface area (TPSA) is 102 Å². The van der Waals surface area contributed by atoms with E-state index in [0.29, 0.717) is 11.5 Å². The van der Waals surface area contributed by atoms with E-state index in [1.165, 1.54) is 18.2 Å². The number of hydrogen-bond acceptors (Lipinski definition) is 4. The zero-order valence-electron chi connectivity index (χ0n) is 15.9. The maximum Gasteiger partial charge on any atom is 0.405 e. The molecule has 2 rings (SSSR count). The van der Waals surface area contributed by atoms with Crippen LogP contribution in [-0.2, 0) is 6.42 Å². The Kier molecular flexibility index (Phi) is 6.05. The third kappa shape index (κ3) is 5.20. The second-order valence-electron chi connectivity index (χ2n) is 7.33. The summed E-state index contributed by atoms with van der Waals surface area (Å²) in [6, 6.07) is 11.2. The molecule has 2 aromatic carbocycles. The Labute approximate surface area is 158 Å². The molecule has 0 bridgehead atoms. The highest BCUT2D eigenvalue weighted by molar-refractivity contribution is 5.66. The molecule has 7 heteroatoms. The number of nitro benzene ring substituents is 1. The number of benzene rings is 2. The van der Waals surface area contributed by atoms with Crippen LogP contribution in [0.4, 0.5) is 10.5 Å². The Balaban J connectivity index is 2.49. The largest absolute Gasteiger partial charge is 0.465 e. The number of rotatable bonds is 6. The summed E-state index contributed by atoms with van der Waals surface area (Å²) < 4.78 is 5.87. The molecule has 1 atom stereocenters. The van der Waals surface area contributed by atoms with E-state index in [4.69, 9.17) is 4.74 Å². The van der Waals surface area contributed by atoms with E-state index in [0.717, 1.165) is 12.0 Å². The predicted molar refractivity (Wildman–Crippen MR) is 102 cm³/mol. The minimum Gasteiger partial charge on any atom is -0.465 e. The Hall–Kier alpha value is -3.09. The average Bonchev–Trinajstić information content (AvgIpc) is 2.58. The van der Waals surface area contributed by atoms with Gasteiger partial charge in [-0.1, -0.05) is 39.8 Å². The minimum atomic E-state index is -1.24. The van der Waals surface area contributed by atoms with E-state index in [-0.39, 0.29) is 11.3 Å². The number of nitrogens with one attached hydrogen (secondary N) is 1. The third-order valence-electron chi connectivity index (χ3n) is 4.18. The molecule has 0 saturated heterocycles. The number of hydrogen-bond donors (Lipinski definition) is 2. The monoisotopic (exact) mass is 372 g/mol. The fourth-order valence-corrected chi connectivity index (χ4v) is 2.84. The lowest BCUT2D eigenvalue weighted by molar-refractivity contribution is -0.386. The average molecular weight is 372 g/mol.